The molecule has 2 N–H and O–H groups in total. The highest BCUT2D eigenvalue weighted by atomic mass is 15.1. The second-order valence-electron chi connectivity index (χ2n) is 5.05. The van der Waals surface area contributed by atoms with Crippen molar-refractivity contribution in [3.8, 4) is 6.19 Å². The van der Waals surface area contributed by atoms with E-state index in [1.165, 1.54) is 12.8 Å². The maximum absolute atomic E-state index is 8.61. The molecule has 0 radical (unpaired) electrons. The standard InChI is InChI=1S/C13H20N6/c1-10-17-12(7-13(18-10)16-9-14)15-8-11-3-5-19(2)6-4-11/h7,11H,3-6,8H2,1-2H3,(H2,15,16,17,18). The minimum atomic E-state index is 0.542. The first-order valence-electron chi connectivity index (χ1n) is 6.60. The molecule has 0 atom stereocenters. The molecule has 2 heterocycles. The van der Waals surface area contributed by atoms with Gasteiger partial charge in [-0.3, -0.25) is 5.32 Å². The van der Waals surface area contributed by atoms with Gasteiger partial charge in [-0.1, -0.05) is 0 Å². The number of hydrogen-bond donors (Lipinski definition) is 2. The van der Waals surface area contributed by atoms with Gasteiger partial charge < -0.3 is 10.2 Å². The van der Waals surface area contributed by atoms with Crippen LogP contribution in [-0.4, -0.2) is 41.5 Å². The van der Waals surface area contributed by atoms with Gasteiger partial charge in [0.15, 0.2) is 6.19 Å². The molecule has 1 aliphatic heterocycles. The number of likely N-dealkylation sites (tertiary alicyclic amines) is 1. The Morgan fingerprint density at radius 1 is 1.37 bits per heavy atom. The van der Waals surface area contributed by atoms with Crippen LogP contribution in [0.2, 0.25) is 0 Å². The van der Waals surface area contributed by atoms with E-state index in [1.807, 2.05) is 13.1 Å². The maximum atomic E-state index is 8.61. The molecule has 0 spiro atoms. The lowest BCUT2D eigenvalue weighted by molar-refractivity contribution is 0.226. The number of aryl methyl sites for hydroxylation is 1. The first-order chi connectivity index (χ1) is 9.17. The fourth-order valence-electron chi connectivity index (χ4n) is 2.29. The molecular formula is C13H20N6. The van der Waals surface area contributed by atoms with Crippen molar-refractivity contribution in [1.82, 2.24) is 14.9 Å². The van der Waals surface area contributed by atoms with Crippen LogP contribution in [0.4, 0.5) is 11.6 Å². The van der Waals surface area contributed by atoms with Crippen molar-refractivity contribution in [3.63, 3.8) is 0 Å². The molecule has 0 amide bonds. The summed E-state index contributed by atoms with van der Waals surface area (Å²) in [5.41, 5.74) is 0. The largest absolute Gasteiger partial charge is 0.370 e. The molecule has 0 bridgehead atoms. The predicted octanol–water partition coefficient (Wildman–Crippen LogP) is 1.43. The fourth-order valence-corrected chi connectivity index (χ4v) is 2.29. The molecule has 2 rings (SSSR count). The van der Waals surface area contributed by atoms with E-state index in [-0.39, 0.29) is 0 Å². The monoisotopic (exact) mass is 260 g/mol. The van der Waals surface area contributed by atoms with Gasteiger partial charge in [0, 0.05) is 12.6 Å². The van der Waals surface area contributed by atoms with Gasteiger partial charge in [-0.2, -0.15) is 5.26 Å². The van der Waals surface area contributed by atoms with Gasteiger partial charge in [0.25, 0.3) is 0 Å². The maximum Gasteiger partial charge on any atom is 0.182 e. The van der Waals surface area contributed by atoms with Crippen LogP contribution in [0.25, 0.3) is 0 Å². The second kappa shape index (κ2) is 6.34. The lowest BCUT2D eigenvalue weighted by atomic mass is 9.97. The SMILES string of the molecule is Cc1nc(NC#N)cc(NCC2CCN(C)CC2)n1. The molecule has 102 valence electrons. The highest BCUT2D eigenvalue weighted by Crippen LogP contribution is 2.17. The average molecular weight is 260 g/mol. The summed E-state index contributed by atoms with van der Waals surface area (Å²) in [6.45, 7) is 5.08. The summed E-state index contributed by atoms with van der Waals surface area (Å²) in [7, 11) is 2.16. The topological polar surface area (TPSA) is 76.9 Å². The Morgan fingerprint density at radius 2 is 2.05 bits per heavy atom. The number of nitriles is 1. The van der Waals surface area contributed by atoms with Crippen LogP contribution in [0.1, 0.15) is 18.7 Å². The molecule has 6 heteroatoms. The van der Waals surface area contributed by atoms with Gasteiger partial charge in [0.2, 0.25) is 0 Å². The quantitative estimate of drug-likeness (QED) is 0.630. The van der Waals surface area contributed by atoms with E-state index in [4.69, 9.17) is 5.26 Å². The molecule has 0 aromatic carbocycles. The van der Waals surface area contributed by atoms with E-state index >= 15 is 0 Å². The van der Waals surface area contributed by atoms with Gasteiger partial charge in [-0.25, -0.2) is 9.97 Å². The molecule has 1 aliphatic rings. The van der Waals surface area contributed by atoms with Crippen molar-refractivity contribution in [2.75, 3.05) is 37.3 Å². The summed E-state index contributed by atoms with van der Waals surface area (Å²) >= 11 is 0. The van der Waals surface area contributed by atoms with E-state index in [0.717, 1.165) is 25.5 Å². The molecule has 19 heavy (non-hydrogen) atoms. The van der Waals surface area contributed by atoms with Crippen molar-refractivity contribution in [2.45, 2.75) is 19.8 Å². The predicted molar refractivity (Wildman–Crippen MR) is 74.7 cm³/mol. The first-order valence-corrected chi connectivity index (χ1v) is 6.60. The molecule has 1 aromatic rings. The van der Waals surface area contributed by atoms with Crippen LogP contribution >= 0.6 is 0 Å². The zero-order chi connectivity index (χ0) is 13.7. The molecule has 0 unspecified atom stereocenters. The van der Waals surface area contributed by atoms with Gasteiger partial charge in [0.1, 0.15) is 17.5 Å². The number of piperidine rings is 1. The first kappa shape index (κ1) is 13.6. The number of aromatic nitrogens is 2. The minimum Gasteiger partial charge on any atom is -0.370 e. The van der Waals surface area contributed by atoms with E-state index in [0.29, 0.717) is 17.6 Å². The molecule has 0 saturated carbocycles. The van der Waals surface area contributed by atoms with E-state index in [2.05, 4.69) is 32.5 Å². The van der Waals surface area contributed by atoms with Crippen molar-refractivity contribution in [3.05, 3.63) is 11.9 Å². The Hall–Kier alpha value is -1.87. The average Bonchev–Trinajstić information content (AvgIpc) is 2.38. The fraction of sp³-hybridized carbons (Fsp3) is 0.615. The summed E-state index contributed by atoms with van der Waals surface area (Å²) in [6.07, 6.45) is 4.31. The lowest BCUT2D eigenvalue weighted by Gasteiger charge is -2.29. The number of nitrogens with zero attached hydrogens (tertiary/aromatic N) is 4. The van der Waals surface area contributed by atoms with Crippen molar-refractivity contribution in [1.29, 1.82) is 5.26 Å². The zero-order valence-electron chi connectivity index (χ0n) is 11.5. The van der Waals surface area contributed by atoms with Gasteiger partial charge in [-0.05, 0) is 45.8 Å². The Balaban J connectivity index is 1.90. The van der Waals surface area contributed by atoms with Gasteiger partial charge in [0.05, 0.1) is 0 Å². The molecule has 1 fully saturated rings. The van der Waals surface area contributed by atoms with E-state index in [1.54, 1.807) is 6.07 Å². The van der Waals surface area contributed by atoms with Gasteiger partial charge in [-0.15, -0.1) is 0 Å². The van der Waals surface area contributed by atoms with E-state index < -0.39 is 0 Å². The summed E-state index contributed by atoms with van der Waals surface area (Å²) in [4.78, 5) is 10.8. The molecule has 1 aromatic heterocycles. The molecule has 1 saturated heterocycles. The smallest absolute Gasteiger partial charge is 0.182 e. The number of nitrogens with one attached hydrogen (secondary N) is 2. The summed E-state index contributed by atoms with van der Waals surface area (Å²) in [5, 5.41) is 14.5. The van der Waals surface area contributed by atoms with Crippen LogP contribution in [-0.2, 0) is 0 Å². The van der Waals surface area contributed by atoms with Crippen molar-refractivity contribution in [2.24, 2.45) is 5.92 Å². The van der Waals surface area contributed by atoms with Crippen molar-refractivity contribution >= 4 is 11.6 Å². The Bertz CT molecular complexity index is 459. The summed E-state index contributed by atoms with van der Waals surface area (Å²) in [6, 6.07) is 1.77. The molecule has 6 nitrogen and oxygen atoms in total. The summed E-state index contributed by atoms with van der Waals surface area (Å²) in [5.74, 6) is 2.68. The van der Waals surface area contributed by atoms with Crippen LogP contribution in [0, 0.1) is 24.3 Å². The highest BCUT2D eigenvalue weighted by Gasteiger charge is 2.16. The normalized spacial score (nSPS) is 16.9. The highest BCUT2D eigenvalue weighted by molar-refractivity contribution is 5.49. The van der Waals surface area contributed by atoms with Crippen LogP contribution in [0.3, 0.4) is 0 Å². The number of hydrogen-bond acceptors (Lipinski definition) is 6. The Morgan fingerprint density at radius 3 is 2.74 bits per heavy atom. The molecular weight excluding hydrogens is 240 g/mol. The Kier molecular flexibility index (Phi) is 4.53. The third-order valence-electron chi connectivity index (χ3n) is 3.43. The van der Waals surface area contributed by atoms with Gasteiger partial charge >= 0.3 is 0 Å². The second-order valence-corrected chi connectivity index (χ2v) is 5.05. The van der Waals surface area contributed by atoms with Crippen LogP contribution in [0.5, 0.6) is 0 Å². The van der Waals surface area contributed by atoms with Crippen molar-refractivity contribution < 1.29 is 0 Å². The number of anilines is 2. The zero-order valence-corrected chi connectivity index (χ0v) is 11.5. The molecule has 0 aliphatic carbocycles. The van der Waals surface area contributed by atoms with E-state index in [9.17, 15) is 0 Å². The summed E-state index contributed by atoms with van der Waals surface area (Å²) < 4.78 is 0. The number of rotatable bonds is 4. The lowest BCUT2D eigenvalue weighted by Crippen LogP contribution is -2.33. The minimum absolute atomic E-state index is 0.542. The Labute approximate surface area is 113 Å². The third-order valence-corrected chi connectivity index (χ3v) is 3.43. The third kappa shape index (κ3) is 4.07. The van der Waals surface area contributed by atoms with Crippen LogP contribution in [0.15, 0.2) is 6.07 Å². The van der Waals surface area contributed by atoms with Crippen LogP contribution < -0.4 is 10.6 Å².